The summed E-state index contributed by atoms with van der Waals surface area (Å²) >= 11 is 0. The summed E-state index contributed by atoms with van der Waals surface area (Å²) in [5.74, 6) is 1.51. The summed E-state index contributed by atoms with van der Waals surface area (Å²) in [6.07, 6.45) is 4.09. The predicted octanol–water partition coefficient (Wildman–Crippen LogP) is 4.35. The lowest BCUT2D eigenvalue weighted by molar-refractivity contribution is -0.116. The molecule has 2 N–H and O–H groups in total. The van der Waals surface area contributed by atoms with E-state index in [1.807, 2.05) is 43.3 Å². The molecule has 0 saturated carbocycles. The van der Waals surface area contributed by atoms with E-state index < -0.39 is 0 Å². The molecule has 0 radical (unpaired) electrons. The molecule has 0 aliphatic heterocycles. The molecule has 1 heterocycles. The molecule has 0 spiro atoms. The number of hydrogen-bond acceptors (Lipinski definition) is 4. The Morgan fingerprint density at radius 3 is 2.70 bits per heavy atom. The normalized spacial score (nSPS) is 10.2. The van der Waals surface area contributed by atoms with Crippen molar-refractivity contribution in [3.8, 4) is 5.75 Å². The highest BCUT2D eigenvalue weighted by Crippen LogP contribution is 2.26. The number of ether oxygens (including phenoxy) is 1. The SMILES string of the molecule is CCCCC(=O)Nc1ccc(Nc2ccccc2OCC)nc1. The van der Waals surface area contributed by atoms with Gasteiger partial charge in [0.15, 0.2) is 0 Å². The number of pyridine rings is 1. The molecule has 0 atom stereocenters. The summed E-state index contributed by atoms with van der Waals surface area (Å²) in [4.78, 5) is 16.0. The highest BCUT2D eigenvalue weighted by Gasteiger charge is 2.05. The number of hydrogen-bond donors (Lipinski definition) is 2. The largest absolute Gasteiger partial charge is 0.492 e. The monoisotopic (exact) mass is 313 g/mol. The minimum atomic E-state index is 0.0241. The topological polar surface area (TPSA) is 63.2 Å². The number of nitrogens with one attached hydrogen (secondary N) is 2. The van der Waals surface area contributed by atoms with Crippen LogP contribution in [0.2, 0.25) is 0 Å². The van der Waals surface area contributed by atoms with Crippen LogP contribution in [-0.2, 0) is 4.79 Å². The second-order valence-electron chi connectivity index (χ2n) is 5.14. The number of unbranched alkanes of at least 4 members (excludes halogenated alkanes) is 1. The number of aromatic nitrogens is 1. The van der Waals surface area contributed by atoms with Gasteiger partial charge in [0, 0.05) is 6.42 Å². The Morgan fingerprint density at radius 1 is 1.17 bits per heavy atom. The predicted molar refractivity (Wildman–Crippen MR) is 93.3 cm³/mol. The quantitative estimate of drug-likeness (QED) is 0.760. The van der Waals surface area contributed by atoms with Crippen molar-refractivity contribution < 1.29 is 9.53 Å². The van der Waals surface area contributed by atoms with Gasteiger partial charge in [-0.15, -0.1) is 0 Å². The van der Waals surface area contributed by atoms with Crippen molar-refractivity contribution in [1.29, 1.82) is 0 Å². The molecule has 0 aliphatic rings. The number of nitrogens with zero attached hydrogens (tertiary/aromatic N) is 1. The third-order valence-electron chi connectivity index (χ3n) is 3.25. The van der Waals surface area contributed by atoms with Crippen LogP contribution >= 0.6 is 0 Å². The van der Waals surface area contributed by atoms with Crippen molar-refractivity contribution in [2.75, 3.05) is 17.2 Å². The maximum atomic E-state index is 11.7. The number of rotatable bonds is 8. The van der Waals surface area contributed by atoms with Crippen molar-refractivity contribution in [2.24, 2.45) is 0 Å². The van der Waals surface area contributed by atoms with Crippen LogP contribution in [0.4, 0.5) is 17.2 Å². The molecule has 0 aliphatic carbocycles. The minimum Gasteiger partial charge on any atom is -0.492 e. The molecule has 5 nitrogen and oxygen atoms in total. The van der Waals surface area contributed by atoms with Crippen molar-refractivity contribution in [3.63, 3.8) is 0 Å². The van der Waals surface area contributed by atoms with Gasteiger partial charge >= 0.3 is 0 Å². The molecule has 0 fully saturated rings. The summed E-state index contributed by atoms with van der Waals surface area (Å²) < 4.78 is 5.58. The first-order chi connectivity index (χ1) is 11.2. The fourth-order valence-corrected chi connectivity index (χ4v) is 2.09. The van der Waals surface area contributed by atoms with Gasteiger partial charge in [-0.1, -0.05) is 25.5 Å². The molecule has 2 rings (SSSR count). The number of amides is 1. The zero-order valence-electron chi connectivity index (χ0n) is 13.6. The second-order valence-corrected chi connectivity index (χ2v) is 5.14. The fraction of sp³-hybridized carbons (Fsp3) is 0.333. The summed E-state index contributed by atoms with van der Waals surface area (Å²) in [6, 6.07) is 11.4. The van der Waals surface area contributed by atoms with Gasteiger partial charge in [-0.3, -0.25) is 4.79 Å². The Balaban J connectivity index is 1.99. The zero-order chi connectivity index (χ0) is 16.5. The number of benzene rings is 1. The Hall–Kier alpha value is -2.56. The molecule has 23 heavy (non-hydrogen) atoms. The first-order valence-electron chi connectivity index (χ1n) is 7.97. The van der Waals surface area contributed by atoms with Crippen molar-refractivity contribution in [3.05, 3.63) is 42.6 Å². The Kier molecular flexibility index (Phi) is 6.41. The Bertz CT molecular complexity index is 626. The Labute approximate surface area is 137 Å². The Morgan fingerprint density at radius 2 is 2.00 bits per heavy atom. The van der Waals surface area contributed by atoms with Crippen LogP contribution in [0.25, 0.3) is 0 Å². The minimum absolute atomic E-state index is 0.0241. The molecule has 1 aromatic heterocycles. The van der Waals surface area contributed by atoms with E-state index in [0.29, 0.717) is 24.5 Å². The molecule has 122 valence electrons. The van der Waals surface area contributed by atoms with E-state index in [1.165, 1.54) is 0 Å². The lowest BCUT2D eigenvalue weighted by Crippen LogP contribution is -2.11. The lowest BCUT2D eigenvalue weighted by atomic mass is 10.2. The molecule has 1 aromatic carbocycles. The van der Waals surface area contributed by atoms with Crippen LogP contribution in [0.1, 0.15) is 33.1 Å². The van der Waals surface area contributed by atoms with E-state index >= 15 is 0 Å². The maximum Gasteiger partial charge on any atom is 0.224 e. The van der Waals surface area contributed by atoms with Gasteiger partial charge in [0.25, 0.3) is 0 Å². The second kappa shape index (κ2) is 8.78. The van der Waals surface area contributed by atoms with Gasteiger partial charge in [-0.05, 0) is 37.6 Å². The third-order valence-corrected chi connectivity index (χ3v) is 3.25. The molecule has 5 heteroatoms. The molecule has 2 aromatic rings. The van der Waals surface area contributed by atoms with Crippen LogP contribution in [0.5, 0.6) is 5.75 Å². The number of para-hydroxylation sites is 2. The summed E-state index contributed by atoms with van der Waals surface area (Å²) in [7, 11) is 0. The first kappa shape index (κ1) is 16.8. The highest BCUT2D eigenvalue weighted by atomic mass is 16.5. The van der Waals surface area contributed by atoms with Crippen LogP contribution in [0.3, 0.4) is 0 Å². The van der Waals surface area contributed by atoms with Gasteiger partial charge < -0.3 is 15.4 Å². The third kappa shape index (κ3) is 5.29. The average molecular weight is 313 g/mol. The van der Waals surface area contributed by atoms with Crippen molar-refractivity contribution >= 4 is 23.1 Å². The molecule has 1 amide bonds. The van der Waals surface area contributed by atoms with Crippen LogP contribution in [0.15, 0.2) is 42.6 Å². The van der Waals surface area contributed by atoms with Crippen LogP contribution in [0, 0.1) is 0 Å². The smallest absolute Gasteiger partial charge is 0.224 e. The summed E-state index contributed by atoms with van der Waals surface area (Å²) in [5.41, 5.74) is 1.57. The number of anilines is 3. The maximum absolute atomic E-state index is 11.7. The highest BCUT2D eigenvalue weighted by molar-refractivity contribution is 5.90. The van der Waals surface area contributed by atoms with E-state index in [1.54, 1.807) is 6.20 Å². The molecular formula is C18H23N3O2. The van der Waals surface area contributed by atoms with Crippen LogP contribution < -0.4 is 15.4 Å². The van der Waals surface area contributed by atoms with E-state index in [4.69, 9.17) is 4.74 Å². The lowest BCUT2D eigenvalue weighted by Gasteiger charge is -2.12. The molecule has 0 unspecified atom stereocenters. The zero-order valence-corrected chi connectivity index (χ0v) is 13.6. The van der Waals surface area contributed by atoms with E-state index in [9.17, 15) is 4.79 Å². The number of carbonyl (C=O) groups excluding carboxylic acids is 1. The molecule has 0 bridgehead atoms. The van der Waals surface area contributed by atoms with Crippen LogP contribution in [-0.4, -0.2) is 17.5 Å². The van der Waals surface area contributed by atoms with Gasteiger partial charge in [0.05, 0.1) is 24.2 Å². The average Bonchev–Trinajstić information content (AvgIpc) is 2.57. The van der Waals surface area contributed by atoms with Crippen molar-refractivity contribution in [2.45, 2.75) is 33.1 Å². The van der Waals surface area contributed by atoms with E-state index in [0.717, 1.165) is 24.3 Å². The number of carbonyl (C=O) groups is 1. The van der Waals surface area contributed by atoms with Gasteiger partial charge in [0.2, 0.25) is 5.91 Å². The standard InChI is InChI=1S/C18H23N3O2/c1-3-5-10-18(22)20-14-11-12-17(19-13-14)21-15-8-6-7-9-16(15)23-4-2/h6-9,11-13H,3-5,10H2,1-2H3,(H,19,21)(H,20,22). The van der Waals surface area contributed by atoms with E-state index in [-0.39, 0.29) is 5.91 Å². The van der Waals surface area contributed by atoms with Gasteiger partial charge in [-0.25, -0.2) is 4.98 Å². The fourth-order valence-electron chi connectivity index (χ4n) is 2.09. The first-order valence-corrected chi connectivity index (χ1v) is 7.97. The summed E-state index contributed by atoms with van der Waals surface area (Å²) in [6.45, 7) is 4.62. The van der Waals surface area contributed by atoms with E-state index in [2.05, 4.69) is 22.5 Å². The van der Waals surface area contributed by atoms with Crippen molar-refractivity contribution in [1.82, 2.24) is 4.98 Å². The van der Waals surface area contributed by atoms with Gasteiger partial charge in [-0.2, -0.15) is 0 Å². The molecule has 0 saturated heterocycles. The summed E-state index contributed by atoms with van der Waals surface area (Å²) in [5, 5.41) is 6.07. The molecular weight excluding hydrogens is 290 g/mol. The van der Waals surface area contributed by atoms with Gasteiger partial charge in [0.1, 0.15) is 11.6 Å².